The first-order chi connectivity index (χ1) is 9.58. The minimum absolute atomic E-state index is 0.00151. The zero-order valence-corrected chi connectivity index (χ0v) is 11.8. The van der Waals surface area contributed by atoms with Gasteiger partial charge in [-0.3, -0.25) is 14.2 Å². The normalized spacial score (nSPS) is 16.7. The molecule has 1 fully saturated rings. The van der Waals surface area contributed by atoms with Gasteiger partial charge in [0.25, 0.3) is 0 Å². The molecular formula is C13H15ClN4O2. The maximum atomic E-state index is 12.2. The molecule has 0 unspecified atom stereocenters. The van der Waals surface area contributed by atoms with Gasteiger partial charge in [0.1, 0.15) is 0 Å². The highest BCUT2D eigenvalue weighted by atomic mass is 35.5. The summed E-state index contributed by atoms with van der Waals surface area (Å²) in [5.74, 6) is 0. The first-order valence-electron chi connectivity index (χ1n) is 6.60. The van der Waals surface area contributed by atoms with Crippen molar-refractivity contribution in [2.24, 2.45) is 0 Å². The van der Waals surface area contributed by atoms with E-state index in [1.807, 2.05) is 0 Å². The van der Waals surface area contributed by atoms with E-state index in [0.717, 1.165) is 25.9 Å². The Bertz CT molecular complexity index is 774. The number of nitrogens with one attached hydrogen (secondary N) is 2. The summed E-state index contributed by atoms with van der Waals surface area (Å²) in [4.78, 5) is 31.0. The third-order valence-electron chi connectivity index (χ3n) is 3.69. The van der Waals surface area contributed by atoms with Crippen LogP contribution in [0.2, 0.25) is 5.02 Å². The summed E-state index contributed by atoms with van der Waals surface area (Å²) in [6.07, 6.45) is 1.61. The number of aromatic nitrogens is 3. The van der Waals surface area contributed by atoms with Crippen LogP contribution in [0.5, 0.6) is 0 Å². The minimum atomic E-state index is -0.627. The summed E-state index contributed by atoms with van der Waals surface area (Å²) in [7, 11) is 0. The number of H-pyrrole nitrogens is 1. The molecule has 1 aliphatic heterocycles. The summed E-state index contributed by atoms with van der Waals surface area (Å²) in [5, 5.41) is 3.72. The van der Waals surface area contributed by atoms with Crippen LogP contribution in [-0.4, -0.2) is 27.6 Å². The lowest BCUT2D eigenvalue weighted by Gasteiger charge is -2.25. The second kappa shape index (κ2) is 5.03. The van der Waals surface area contributed by atoms with E-state index in [4.69, 9.17) is 11.6 Å². The van der Waals surface area contributed by atoms with Gasteiger partial charge in [0.05, 0.1) is 16.2 Å². The summed E-state index contributed by atoms with van der Waals surface area (Å²) in [5.41, 5.74) is 0.483. The van der Waals surface area contributed by atoms with Gasteiger partial charge in [-0.15, -0.1) is 0 Å². The fourth-order valence-corrected chi connectivity index (χ4v) is 2.78. The predicted octanol–water partition coefficient (Wildman–Crippen LogP) is 0.971. The molecule has 0 saturated carbocycles. The van der Waals surface area contributed by atoms with Crippen LogP contribution in [0.4, 0.5) is 0 Å². The lowest BCUT2D eigenvalue weighted by atomic mass is 10.1. The SMILES string of the molecule is Cc1nc2c(cc1Cl)[nH]c(=O)c(=O)n2C1CCNCC1. The lowest BCUT2D eigenvalue weighted by Crippen LogP contribution is -2.41. The molecule has 106 valence electrons. The van der Waals surface area contributed by atoms with E-state index in [1.165, 1.54) is 4.57 Å². The summed E-state index contributed by atoms with van der Waals surface area (Å²) >= 11 is 6.04. The van der Waals surface area contributed by atoms with E-state index >= 15 is 0 Å². The highest BCUT2D eigenvalue weighted by Gasteiger charge is 2.21. The Hall–Kier alpha value is -1.66. The number of fused-ring (bicyclic) bond motifs is 1. The number of hydrogen-bond acceptors (Lipinski definition) is 4. The van der Waals surface area contributed by atoms with E-state index in [2.05, 4.69) is 15.3 Å². The van der Waals surface area contributed by atoms with Crippen LogP contribution >= 0.6 is 11.6 Å². The first-order valence-corrected chi connectivity index (χ1v) is 6.98. The number of aromatic amines is 1. The Morgan fingerprint density at radius 1 is 1.35 bits per heavy atom. The van der Waals surface area contributed by atoms with E-state index in [-0.39, 0.29) is 6.04 Å². The van der Waals surface area contributed by atoms with Crippen LogP contribution in [0.3, 0.4) is 0 Å². The fraction of sp³-hybridized carbons (Fsp3) is 0.462. The van der Waals surface area contributed by atoms with Gasteiger partial charge in [-0.2, -0.15) is 0 Å². The van der Waals surface area contributed by atoms with Gasteiger partial charge in [0.15, 0.2) is 5.65 Å². The van der Waals surface area contributed by atoms with Crippen LogP contribution in [0.25, 0.3) is 11.2 Å². The number of halogens is 1. The number of hydrogen-bond donors (Lipinski definition) is 2. The molecular weight excluding hydrogens is 280 g/mol. The maximum absolute atomic E-state index is 12.2. The van der Waals surface area contributed by atoms with Gasteiger partial charge >= 0.3 is 11.1 Å². The van der Waals surface area contributed by atoms with Crippen molar-refractivity contribution in [2.45, 2.75) is 25.8 Å². The molecule has 0 aromatic carbocycles. The zero-order valence-electron chi connectivity index (χ0n) is 11.1. The van der Waals surface area contributed by atoms with Crippen molar-refractivity contribution < 1.29 is 0 Å². The van der Waals surface area contributed by atoms with E-state index < -0.39 is 11.1 Å². The molecule has 0 spiro atoms. The van der Waals surface area contributed by atoms with Gasteiger partial charge in [-0.05, 0) is 38.9 Å². The fourth-order valence-electron chi connectivity index (χ4n) is 2.63. The average Bonchev–Trinajstić information content (AvgIpc) is 2.44. The molecule has 0 atom stereocenters. The molecule has 2 aromatic heterocycles. The van der Waals surface area contributed by atoms with Crippen molar-refractivity contribution >= 4 is 22.8 Å². The lowest BCUT2D eigenvalue weighted by molar-refractivity contribution is 0.366. The van der Waals surface area contributed by atoms with Gasteiger partial charge in [0, 0.05) is 6.04 Å². The third-order valence-corrected chi connectivity index (χ3v) is 4.08. The Kier molecular flexibility index (Phi) is 3.35. The second-order valence-electron chi connectivity index (χ2n) is 5.04. The molecule has 2 N–H and O–H groups in total. The molecule has 20 heavy (non-hydrogen) atoms. The van der Waals surface area contributed by atoms with Crippen molar-refractivity contribution in [1.29, 1.82) is 0 Å². The van der Waals surface area contributed by atoms with Crippen molar-refractivity contribution in [1.82, 2.24) is 19.9 Å². The molecule has 6 nitrogen and oxygen atoms in total. The van der Waals surface area contributed by atoms with Crippen molar-refractivity contribution in [3.8, 4) is 0 Å². The standard InChI is InChI=1S/C13H15ClN4O2/c1-7-9(14)6-10-11(16-7)18(13(20)12(19)17-10)8-2-4-15-5-3-8/h6,8,15H,2-5H2,1H3,(H,17,19). The first kappa shape index (κ1) is 13.3. The number of aryl methyl sites for hydroxylation is 1. The molecule has 0 bridgehead atoms. The topological polar surface area (TPSA) is 79.8 Å². The van der Waals surface area contributed by atoms with E-state index in [0.29, 0.717) is 21.9 Å². The highest BCUT2D eigenvalue weighted by molar-refractivity contribution is 6.31. The van der Waals surface area contributed by atoms with Crippen molar-refractivity contribution in [2.75, 3.05) is 13.1 Å². The molecule has 0 radical (unpaired) electrons. The monoisotopic (exact) mass is 294 g/mol. The predicted molar refractivity (Wildman–Crippen MR) is 77.5 cm³/mol. The van der Waals surface area contributed by atoms with Gasteiger partial charge in [0.2, 0.25) is 0 Å². The van der Waals surface area contributed by atoms with Gasteiger partial charge in [-0.25, -0.2) is 4.98 Å². The number of nitrogens with zero attached hydrogens (tertiary/aromatic N) is 2. The van der Waals surface area contributed by atoms with Crippen molar-refractivity contribution in [3.05, 3.63) is 37.5 Å². The minimum Gasteiger partial charge on any atom is -0.317 e. The van der Waals surface area contributed by atoms with Gasteiger partial charge in [-0.1, -0.05) is 11.6 Å². The number of rotatable bonds is 1. The molecule has 3 rings (SSSR count). The Morgan fingerprint density at radius 2 is 2.05 bits per heavy atom. The summed E-state index contributed by atoms with van der Waals surface area (Å²) in [6, 6.07) is 1.65. The van der Waals surface area contributed by atoms with E-state index in [9.17, 15) is 9.59 Å². The smallest absolute Gasteiger partial charge is 0.317 e. The molecule has 1 saturated heterocycles. The van der Waals surface area contributed by atoms with Crippen LogP contribution in [0, 0.1) is 6.92 Å². The second-order valence-corrected chi connectivity index (χ2v) is 5.44. The molecule has 2 aromatic rings. The van der Waals surface area contributed by atoms with Crippen LogP contribution < -0.4 is 16.4 Å². The maximum Gasteiger partial charge on any atom is 0.318 e. The van der Waals surface area contributed by atoms with Crippen LogP contribution in [0.1, 0.15) is 24.6 Å². The van der Waals surface area contributed by atoms with Crippen LogP contribution in [-0.2, 0) is 0 Å². The Balaban J connectivity index is 2.32. The van der Waals surface area contributed by atoms with Crippen molar-refractivity contribution in [3.63, 3.8) is 0 Å². The molecule has 0 aliphatic carbocycles. The zero-order chi connectivity index (χ0) is 14.3. The highest BCUT2D eigenvalue weighted by Crippen LogP contribution is 2.22. The molecule has 7 heteroatoms. The molecule has 3 heterocycles. The largest absolute Gasteiger partial charge is 0.318 e. The van der Waals surface area contributed by atoms with Crippen LogP contribution in [0.15, 0.2) is 15.7 Å². The Labute approximate surface area is 119 Å². The Morgan fingerprint density at radius 3 is 2.75 bits per heavy atom. The quantitative estimate of drug-likeness (QED) is 0.768. The number of piperidine rings is 1. The molecule has 1 aliphatic rings. The van der Waals surface area contributed by atoms with E-state index in [1.54, 1.807) is 13.0 Å². The van der Waals surface area contributed by atoms with Gasteiger partial charge < -0.3 is 10.3 Å². The average molecular weight is 295 g/mol. The number of pyridine rings is 1. The third kappa shape index (κ3) is 2.14. The summed E-state index contributed by atoms with van der Waals surface area (Å²) < 4.78 is 1.53. The summed E-state index contributed by atoms with van der Waals surface area (Å²) in [6.45, 7) is 3.44. The molecule has 0 amide bonds.